The van der Waals surface area contributed by atoms with Crippen LogP contribution in [0.1, 0.15) is 43.0 Å². The van der Waals surface area contributed by atoms with E-state index in [-0.39, 0.29) is 24.0 Å². The maximum Gasteiger partial charge on any atom is 0.191 e. The molecule has 148 valence electrons. The van der Waals surface area contributed by atoms with E-state index >= 15 is 0 Å². The van der Waals surface area contributed by atoms with E-state index in [1.165, 1.54) is 0 Å². The van der Waals surface area contributed by atoms with Crippen molar-refractivity contribution in [3.8, 4) is 5.75 Å². The summed E-state index contributed by atoms with van der Waals surface area (Å²) in [6, 6.07) is 7.94. The second-order valence-electron chi connectivity index (χ2n) is 6.08. The maximum atomic E-state index is 5.70. The third-order valence-electron chi connectivity index (χ3n) is 3.65. The predicted octanol–water partition coefficient (Wildman–Crippen LogP) is 4.70. The minimum atomic E-state index is 0. The first-order valence-electron chi connectivity index (χ1n) is 8.92. The number of aliphatic imine (C=N–C) groups is 1. The molecule has 5 nitrogen and oxygen atoms in total. The number of hydrogen-bond donors (Lipinski definition) is 2. The number of aromatic nitrogens is 1. The summed E-state index contributed by atoms with van der Waals surface area (Å²) in [6.07, 6.45) is 1.74. The molecule has 2 N–H and O–H groups in total. The second-order valence-corrected chi connectivity index (χ2v) is 7.02. The SMILES string of the molecule is C=CCOc1ccccc1CN=C(NCC)NCc1nc(C(C)C)cs1.I. The summed E-state index contributed by atoms with van der Waals surface area (Å²) in [6.45, 7) is 12.6. The fourth-order valence-electron chi connectivity index (χ4n) is 2.26. The Bertz CT molecular complexity index is 730. The molecule has 0 spiro atoms. The summed E-state index contributed by atoms with van der Waals surface area (Å²) < 4.78 is 5.70. The van der Waals surface area contributed by atoms with Crippen molar-refractivity contribution >= 4 is 41.3 Å². The van der Waals surface area contributed by atoms with Crippen LogP contribution in [0.5, 0.6) is 5.75 Å². The van der Waals surface area contributed by atoms with Gasteiger partial charge in [0.05, 0.1) is 18.8 Å². The maximum absolute atomic E-state index is 5.70. The van der Waals surface area contributed by atoms with E-state index in [4.69, 9.17) is 4.74 Å². The van der Waals surface area contributed by atoms with Gasteiger partial charge in [-0.25, -0.2) is 9.98 Å². The number of nitrogens with one attached hydrogen (secondary N) is 2. The van der Waals surface area contributed by atoms with Crippen LogP contribution in [0.2, 0.25) is 0 Å². The summed E-state index contributed by atoms with van der Waals surface area (Å²) >= 11 is 1.68. The van der Waals surface area contributed by atoms with Crippen LogP contribution in [0, 0.1) is 0 Å². The first-order chi connectivity index (χ1) is 12.6. The summed E-state index contributed by atoms with van der Waals surface area (Å²) in [5.41, 5.74) is 2.19. The topological polar surface area (TPSA) is 58.5 Å². The van der Waals surface area contributed by atoms with Gasteiger partial charge in [-0.2, -0.15) is 0 Å². The van der Waals surface area contributed by atoms with Crippen molar-refractivity contribution in [2.75, 3.05) is 13.2 Å². The van der Waals surface area contributed by atoms with Crippen LogP contribution in [0.25, 0.3) is 0 Å². The molecule has 0 aliphatic carbocycles. The second kappa shape index (κ2) is 12.7. The molecule has 0 amide bonds. The van der Waals surface area contributed by atoms with Crippen molar-refractivity contribution in [2.24, 2.45) is 4.99 Å². The third kappa shape index (κ3) is 7.88. The molecular formula is C20H29IN4OS. The Morgan fingerprint density at radius 1 is 1.33 bits per heavy atom. The number of nitrogens with zero attached hydrogens (tertiary/aromatic N) is 2. The van der Waals surface area contributed by atoms with E-state index in [0.29, 0.717) is 25.6 Å². The van der Waals surface area contributed by atoms with Crippen LogP contribution in [0.15, 0.2) is 47.3 Å². The summed E-state index contributed by atoms with van der Waals surface area (Å²) in [4.78, 5) is 9.33. The largest absolute Gasteiger partial charge is 0.489 e. The lowest BCUT2D eigenvalue weighted by molar-refractivity contribution is 0.359. The summed E-state index contributed by atoms with van der Waals surface area (Å²) in [5, 5.41) is 9.81. The van der Waals surface area contributed by atoms with E-state index in [1.807, 2.05) is 24.3 Å². The zero-order valence-corrected chi connectivity index (χ0v) is 19.3. The first-order valence-corrected chi connectivity index (χ1v) is 9.80. The third-order valence-corrected chi connectivity index (χ3v) is 4.52. The van der Waals surface area contributed by atoms with Crippen molar-refractivity contribution in [2.45, 2.75) is 39.8 Å². The van der Waals surface area contributed by atoms with Crippen LogP contribution in [0.3, 0.4) is 0 Å². The van der Waals surface area contributed by atoms with Gasteiger partial charge in [-0.1, -0.05) is 44.7 Å². The minimum Gasteiger partial charge on any atom is -0.489 e. The number of guanidine groups is 1. The zero-order chi connectivity index (χ0) is 18.8. The van der Waals surface area contributed by atoms with Crippen molar-refractivity contribution in [3.05, 3.63) is 58.6 Å². The number of benzene rings is 1. The molecule has 0 bridgehead atoms. The monoisotopic (exact) mass is 500 g/mol. The van der Waals surface area contributed by atoms with E-state index in [1.54, 1.807) is 17.4 Å². The quantitative estimate of drug-likeness (QED) is 0.227. The fraction of sp³-hybridized carbons (Fsp3) is 0.400. The average molecular weight is 500 g/mol. The van der Waals surface area contributed by atoms with Crippen LogP contribution in [-0.2, 0) is 13.1 Å². The highest BCUT2D eigenvalue weighted by atomic mass is 127. The lowest BCUT2D eigenvalue weighted by Crippen LogP contribution is -2.36. The molecule has 2 aromatic rings. The van der Waals surface area contributed by atoms with Gasteiger partial charge in [0.2, 0.25) is 0 Å². The molecule has 1 heterocycles. The van der Waals surface area contributed by atoms with Crippen LogP contribution >= 0.6 is 35.3 Å². The van der Waals surface area contributed by atoms with Crippen molar-refractivity contribution in [1.82, 2.24) is 15.6 Å². The van der Waals surface area contributed by atoms with Crippen LogP contribution < -0.4 is 15.4 Å². The Morgan fingerprint density at radius 3 is 2.78 bits per heavy atom. The van der Waals surface area contributed by atoms with Crippen molar-refractivity contribution < 1.29 is 4.74 Å². The van der Waals surface area contributed by atoms with Crippen molar-refractivity contribution in [1.29, 1.82) is 0 Å². The Labute approximate surface area is 183 Å². The molecule has 1 aromatic heterocycles. The van der Waals surface area contributed by atoms with Gasteiger partial charge in [-0.3, -0.25) is 0 Å². The normalized spacial score (nSPS) is 11.0. The number of hydrogen-bond acceptors (Lipinski definition) is 4. The van der Waals surface area contributed by atoms with E-state index < -0.39 is 0 Å². The van der Waals surface area contributed by atoms with E-state index in [0.717, 1.165) is 34.5 Å². The molecule has 0 aliphatic heterocycles. The van der Waals surface area contributed by atoms with Gasteiger partial charge in [-0.05, 0) is 18.9 Å². The van der Waals surface area contributed by atoms with E-state index in [9.17, 15) is 0 Å². The van der Waals surface area contributed by atoms with E-state index in [2.05, 4.69) is 53.3 Å². The fourth-order valence-corrected chi connectivity index (χ4v) is 3.16. The molecular weight excluding hydrogens is 471 g/mol. The molecule has 2 rings (SSSR count). The summed E-state index contributed by atoms with van der Waals surface area (Å²) in [7, 11) is 0. The molecule has 0 saturated carbocycles. The summed E-state index contributed by atoms with van der Waals surface area (Å²) in [5.74, 6) is 2.06. The Kier molecular flexibility index (Phi) is 11.0. The first kappa shape index (κ1) is 23.4. The van der Waals surface area contributed by atoms with Gasteiger partial charge in [0.15, 0.2) is 5.96 Å². The average Bonchev–Trinajstić information content (AvgIpc) is 3.12. The number of thiazole rings is 1. The number of para-hydroxylation sites is 1. The molecule has 0 unspecified atom stereocenters. The van der Waals surface area contributed by atoms with Crippen LogP contribution in [-0.4, -0.2) is 24.1 Å². The smallest absolute Gasteiger partial charge is 0.191 e. The predicted molar refractivity (Wildman–Crippen MR) is 125 cm³/mol. The highest BCUT2D eigenvalue weighted by molar-refractivity contribution is 14.0. The Morgan fingerprint density at radius 2 is 2.11 bits per heavy atom. The van der Waals surface area contributed by atoms with Crippen molar-refractivity contribution in [3.63, 3.8) is 0 Å². The van der Waals surface area contributed by atoms with Gasteiger partial charge in [0.1, 0.15) is 17.4 Å². The molecule has 1 aromatic carbocycles. The lowest BCUT2D eigenvalue weighted by Gasteiger charge is -2.12. The van der Waals surface area contributed by atoms with Gasteiger partial charge in [0, 0.05) is 17.5 Å². The van der Waals surface area contributed by atoms with Gasteiger partial charge in [-0.15, -0.1) is 35.3 Å². The zero-order valence-electron chi connectivity index (χ0n) is 16.2. The van der Waals surface area contributed by atoms with Gasteiger partial charge < -0.3 is 15.4 Å². The molecule has 0 atom stereocenters. The molecule has 0 saturated heterocycles. The minimum absolute atomic E-state index is 0. The molecule has 0 radical (unpaired) electrons. The molecule has 0 aliphatic rings. The number of rotatable bonds is 9. The number of ether oxygens (including phenoxy) is 1. The number of halogens is 1. The Balaban J connectivity index is 0.00000364. The van der Waals surface area contributed by atoms with Gasteiger partial charge in [0.25, 0.3) is 0 Å². The standard InChI is InChI=1S/C20H28N4OS.HI/c1-5-11-25-18-10-8-7-9-16(18)12-22-20(21-6-2)23-13-19-24-17(14-26-19)15(3)4;/h5,7-10,14-15H,1,6,11-13H2,2-4H3,(H2,21,22,23);1H. The highest BCUT2D eigenvalue weighted by Crippen LogP contribution is 2.19. The molecule has 0 fully saturated rings. The highest BCUT2D eigenvalue weighted by Gasteiger charge is 2.07. The molecule has 7 heteroatoms. The van der Waals surface area contributed by atoms with Crippen LogP contribution in [0.4, 0.5) is 0 Å². The molecule has 27 heavy (non-hydrogen) atoms. The Hall–Kier alpha value is -1.61. The van der Waals surface area contributed by atoms with Gasteiger partial charge >= 0.3 is 0 Å². The lowest BCUT2D eigenvalue weighted by atomic mass is 10.2.